The summed E-state index contributed by atoms with van der Waals surface area (Å²) in [6, 6.07) is 2.06. The Hall–Kier alpha value is -0.910. The molecule has 96 valence electrons. The number of aliphatic hydroxyl groups is 1. The molecule has 0 radical (unpaired) electrons. The van der Waals surface area contributed by atoms with Gasteiger partial charge in [0, 0.05) is 46.2 Å². The van der Waals surface area contributed by atoms with E-state index in [0.717, 1.165) is 17.9 Å². The Morgan fingerprint density at radius 3 is 2.82 bits per heavy atom. The molecule has 2 N–H and O–H groups in total. The molecule has 5 heteroatoms. The Kier molecular flexibility index (Phi) is 3.81. The number of aromatic nitrogens is 2. The van der Waals surface area contributed by atoms with Gasteiger partial charge in [-0.3, -0.25) is 4.68 Å². The van der Waals surface area contributed by atoms with E-state index in [9.17, 15) is 5.11 Å². The first kappa shape index (κ1) is 12.5. The van der Waals surface area contributed by atoms with Crippen molar-refractivity contribution in [2.45, 2.75) is 31.9 Å². The van der Waals surface area contributed by atoms with Crippen LogP contribution in [0.3, 0.4) is 0 Å². The van der Waals surface area contributed by atoms with Gasteiger partial charge in [-0.05, 0) is 13.0 Å². The second-order valence-electron chi connectivity index (χ2n) is 4.84. The van der Waals surface area contributed by atoms with Crippen LogP contribution in [0, 0.1) is 6.92 Å². The average molecular weight is 239 g/mol. The fourth-order valence-corrected chi connectivity index (χ4v) is 2.18. The minimum Gasteiger partial charge on any atom is -0.388 e. The summed E-state index contributed by atoms with van der Waals surface area (Å²) in [4.78, 5) is 0. The van der Waals surface area contributed by atoms with Gasteiger partial charge in [0.25, 0.3) is 0 Å². The van der Waals surface area contributed by atoms with Crippen molar-refractivity contribution in [3.8, 4) is 0 Å². The third-order valence-electron chi connectivity index (χ3n) is 3.28. The summed E-state index contributed by atoms with van der Waals surface area (Å²) in [6.45, 7) is 4.64. The standard InChI is InChI=1S/C12H21N3O2/c1-10-7-11(15(2)14-10)8-13-9-12(16)3-5-17-6-4-12/h7,13,16H,3-6,8-9H2,1-2H3. The molecule has 1 saturated heterocycles. The zero-order chi connectivity index (χ0) is 12.3. The molecule has 2 rings (SSSR count). The van der Waals surface area contributed by atoms with Gasteiger partial charge in [-0.25, -0.2) is 0 Å². The number of nitrogens with zero attached hydrogens (tertiary/aromatic N) is 2. The Morgan fingerprint density at radius 2 is 2.24 bits per heavy atom. The maximum absolute atomic E-state index is 10.3. The van der Waals surface area contributed by atoms with E-state index >= 15 is 0 Å². The molecule has 5 nitrogen and oxygen atoms in total. The molecule has 0 unspecified atom stereocenters. The average Bonchev–Trinajstić information content (AvgIpc) is 2.58. The van der Waals surface area contributed by atoms with E-state index in [-0.39, 0.29) is 0 Å². The highest BCUT2D eigenvalue weighted by Crippen LogP contribution is 2.19. The van der Waals surface area contributed by atoms with Crippen LogP contribution in [0.15, 0.2) is 6.07 Å². The van der Waals surface area contributed by atoms with Crippen LogP contribution in [0.1, 0.15) is 24.2 Å². The van der Waals surface area contributed by atoms with E-state index in [1.807, 2.05) is 18.7 Å². The monoisotopic (exact) mass is 239 g/mol. The summed E-state index contributed by atoms with van der Waals surface area (Å²) in [5.41, 5.74) is 1.55. The minimum absolute atomic E-state index is 0.605. The molecular formula is C12H21N3O2. The molecule has 0 aromatic carbocycles. The lowest BCUT2D eigenvalue weighted by molar-refractivity contribution is -0.0617. The maximum atomic E-state index is 10.3. The minimum atomic E-state index is -0.605. The molecule has 1 aromatic rings. The summed E-state index contributed by atoms with van der Waals surface area (Å²) in [5, 5.41) is 17.8. The first-order valence-electron chi connectivity index (χ1n) is 6.09. The molecule has 0 amide bonds. The van der Waals surface area contributed by atoms with Crippen LogP contribution in [0.2, 0.25) is 0 Å². The third kappa shape index (κ3) is 3.28. The highest BCUT2D eigenvalue weighted by molar-refractivity contribution is 5.08. The highest BCUT2D eigenvalue weighted by atomic mass is 16.5. The lowest BCUT2D eigenvalue weighted by Crippen LogP contribution is -2.44. The summed E-state index contributed by atoms with van der Waals surface area (Å²) < 4.78 is 7.12. The van der Waals surface area contributed by atoms with E-state index < -0.39 is 5.60 Å². The predicted octanol–water partition coefficient (Wildman–Crippen LogP) is 0.360. The number of rotatable bonds is 4. The number of nitrogens with one attached hydrogen (secondary N) is 1. The summed E-state index contributed by atoms with van der Waals surface area (Å²) in [7, 11) is 1.94. The van der Waals surface area contributed by atoms with Crippen molar-refractivity contribution in [3.05, 3.63) is 17.5 Å². The van der Waals surface area contributed by atoms with Gasteiger partial charge in [0.1, 0.15) is 0 Å². The van der Waals surface area contributed by atoms with Crippen LogP contribution in [0.25, 0.3) is 0 Å². The van der Waals surface area contributed by atoms with Gasteiger partial charge in [0.15, 0.2) is 0 Å². The zero-order valence-electron chi connectivity index (χ0n) is 10.6. The van der Waals surface area contributed by atoms with Crippen LogP contribution in [-0.4, -0.2) is 40.2 Å². The van der Waals surface area contributed by atoms with Crippen molar-refractivity contribution in [3.63, 3.8) is 0 Å². The summed E-state index contributed by atoms with van der Waals surface area (Å²) in [6.07, 6.45) is 1.43. The zero-order valence-corrected chi connectivity index (χ0v) is 10.6. The van der Waals surface area contributed by atoms with E-state index in [0.29, 0.717) is 32.6 Å². The van der Waals surface area contributed by atoms with Crippen LogP contribution >= 0.6 is 0 Å². The molecule has 0 spiro atoms. The number of aryl methyl sites for hydroxylation is 2. The smallest absolute Gasteiger partial charge is 0.0815 e. The van der Waals surface area contributed by atoms with Gasteiger partial charge in [-0.2, -0.15) is 5.10 Å². The van der Waals surface area contributed by atoms with Crippen LogP contribution in [-0.2, 0) is 18.3 Å². The van der Waals surface area contributed by atoms with Crippen molar-refractivity contribution in [1.29, 1.82) is 0 Å². The highest BCUT2D eigenvalue weighted by Gasteiger charge is 2.29. The van der Waals surface area contributed by atoms with Crippen molar-refractivity contribution >= 4 is 0 Å². The lowest BCUT2D eigenvalue weighted by Gasteiger charge is -2.32. The molecule has 0 saturated carbocycles. The fourth-order valence-electron chi connectivity index (χ4n) is 2.18. The SMILES string of the molecule is Cc1cc(CNCC2(O)CCOCC2)n(C)n1. The molecule has 1 aliphatic rings. The second kappa shape index (κ2) is 5.16. The number of hydrogen-bond acceptors (Lipinski definition) is 4. The van der Waals surface area contributed by atoms with Gasteiger partial charge in [0.2, 0.25) is 0 Å². The van der Waals surface area contributed by atoms with Crippen molar-refractivity contribution in [1.82, 2.24) is 15.1 Å². The molecule has 0 aliphatic carbocycles. The topological polar surface area (TPSA) is 59.3 Å². The van der Waals surface area contributed by atoms with Gasteiger partial charge in [-0.15, -0.1) is 0 Å². The largest absolute Gasteiger partial charge is 0.388 e. The Labute approximate surface area is 102 Å². The Bertz CT molecular complexity index is 370. The van der Waals surface area contributed by atoms with Gasteiger partial charge >= 0.3 is 0 Å². The predicted molar refractivity (Wildman–Crippen MR) is 64.7 cm³/mol. The van der Waals surface area contributed by atoms with E-state index in [1.165, 1.54) is 0 Å². The van der Waals surface area contributed by atoms with Crippen LogP contribution in [0.4, 0.5) is 0 Å². The van der Waals surface area contributed by atoms with Crippen LogP contribution in [0.5, 0.6) is 0 Å². The Balaban J connectivity index is 1.81. The molecule has 1 aromatic heterocycles. The van der Waals surface area contributed by atoms with Gasteiger partial charge in [-0.1, -0.05) is 0 Å². The first-order valence-corrected chi connectivity index (χ1v) is 6.09. The molecular weight excluding hydrogens is 218 g/mol. The molecule has 1 fully saturated rings. The van der Waals surface area contributed by atoms with Gasteiger partial charge in [0.05, 0.1) is 17.0 Å². The molecule has 0 atom stereocenters. The lowest BCUT2D eigenvalue weighted by atomic mass is 9.94. The third-order valence-corrected chi connectivity index (χ3v) is 3.28. The summed E-state index contributed by atoms with van der Waals surface area (Å²) >= 11 is 0. The van der Waals surface area contributed by atoms with E-state index in [1.54, 1.807) is 0 Å². The van der Waals surface area contributed by atoms with Crippen molar-refractivity contribution in [2.75, 3.05) is 19.8 Å². The molecule has 0 bridgehead atoms. The molecule has 17 heavy (non-hydrogen) atoms. The van der Waals surface area contributed by atoms with Gasteiger partial charge < -0.3 is 15.2 Å². The number of hydrogen-bond donors (Lipinski definition) is 2. The summed E-state index contributed by atoms with van der Waals surface area (Å²) in [5.74, 6) is 0. The Morgan fingerprint density at radius 1 is 1.53 bits per heavy atom. The van der Waals surface area contributed by atoms with E-state index in [4.69, 9.17) is 4.74 Å². The normalized spacial score (nSPS) is 19.5. The molecule has 1 aliphatic heterocycles. The van der Waals surface area contributed by atoms with Crippen molar-refractivity contribution < 1.29 is 9.84 Å². The second-order valence-corrected chi connectivity index (χ2v) is 4.84. The van der Waals surface area contributed by atoms with Crippen molar-refractivity contribution in [2.24, 2.45) is 7.05 Å². The molecule has 2 heterocycles. The fraction of sp³-hybridized carbons (Fsp3) is 0.750. The first-order chi connectivity index (χ1) is 8.09. The van der Waals surface area contributed by atoms with E-state index in [2.05, 4.69) is 16.5 Å². The van der Waals surface area contributed by atoms with Crippen LogP contribution < -0.4 is 5.32 Å². The quantitative estimate of drug-likeness (QED) is 0.796. The maximum Gasteiger partial charge on any atom is 0.0815 e. The number of ether oxygens (including phenoxy) is 1.